The second kappa shape index (κ2) is 9.85. The van der Waals surface area contributed by atoms with Crippen LogP contribution in [0.1, 0.15) is 42.5 Å². The maximum absolute atomic E-state index is 12.2. The van der Waals surface area contributed by atoms with Crippen LogP contribution in [0.4, 0.5) is 13.2 Å². The molecule has 0 bridgehead atoms. The van der Waals surface area contributed by atoms with Crippen molar-refractivity contribution in [1.29, 1.82) is 0 Å². The molecule has 0 radical (unpaired) electrons. The summed E-state index contributed by atoms with van der Waals surface area (Å²) in [6.07, 6.45) is 3.47. The van der Waals surface area contributed by atoms with Crippen LogP contribution in [-0.4, -0.2) is 70.8 Å². The van der Waals surface area contributed by atoms with Gasteiger partial charge in [-0.05, 0) is 43.7 Å². The first-order valence-electron chi connectivity index (χ1n) is 10.5. The molecule has 1 aromatic rings. The van der Waals surface area contributed by atoms with Gasteiger partial charge in [0.05, 0.1) is 19.7 Å². The number of hydrogen-bond donors (Lipinski definition) is 2. The molecule has 1 atom stereocenters. The second-order valence-corrected chi connectivity index (χ2v) is 8.47. The Balaban J connectivity index is 0.000000360. The Labute approximate surface area is 183 Å². The minimum atomic E-state index is -5.08. The average Bonchev–Trinajstić information content (AvgIpc) is 2.69. The van der Waals surface area contributed by atoms with Crippen molar-refractivity contribution in [3.05, 3.63) is 30.1 Å². The molecule has 2 saturated heterocycles. The molecule has 1 aliphatic carbocycles. The van der Waals surface area contributed by atoms with Crippen molar-refractivity contribution < 1.29 is 37.4 Å². The lowest BCUT2D eigenvalue weighted by Crippen LogP contribution is -2.67. The van der Waals surface area contributed by atoms with Gasteiger partial charge in [-0.25, -0.2) is 4.79 Å². The van der Waals surface area contributed by atoms with Crippen molar-refractivity contribution in [1.82, 2.24) is 15.2 Å². The lowest BCUT2D eigenvalue weighted by Gasteiger charge is -2.54. The maximum atomic E-state index is 12.2. The topological polar surface area (TPSA) is 109 Å². The first kappa shape index (κ1) is 24.0. The van der Waals surface area contributed by atoms with Crippen LogP contribution in [0, 0.1) is 11.8 Å². The zero-order valence-corrected chi connectivity index (χ0v) is 17.4. The van der Waals surface area contributed by atoms with E-state index in [9.17, 15) is 22.8 Å². The molecule has 11 heteroatoms. The number of nitrogens with zero attached hydrogens (tertiary/aromatic N) is 2. The molecule has 3 heterocycles. The molecule has 1 saturated carbocycles. The van der Waals surface area contributed by atoms with Crippen molar-refractivity contribution in [2.45, 2.75) is 43.9 Å². The average molecular weight is 457 g/mol. The van der Waals surface area contributed by atoms with Crippen LogP contribution in [0.25, 0.3) is 0 Å². The summed E-state index contributed by atoms with van der Waals surface area (Å²) in [5, 5.41) is 10.1. The third kappa shape index (κ3) is 5.96. The number of carbonyl (C=O) groups is 3. The number of hydrogen-bond acceptors (Lipinski definition) is 5. The fourth-order valence-corrected chi connectivity index (χ4v) is 3.89. The number of rotatable bonds is 4. The van der Waals surface area contributed by atoms with Gasteiger partial charge in [-0.15, -0.1) is 0 Å². The molecule has 2 N–H and O–H groups in total. The van der Waals surface area contributed by atoms with E-state index in [1.54, 1.807) is 24.5 Å². The van der Waals surface area contributed by atoms with Crippen LogP contribution in [0.3, 0.4) is 0 Å². The van der Waals surface area contributed by atoms with Gasteiger partial charge in [0.25, 0.3) is 5.91 Å². The highest BCUT2D eigenvalue weighted by molar-refractivity contribution is 5.93. The predicted octanol–water partition coefficient (Wildman–Crippen LogP) is 2.25. The normalized spacial score (nSPS) is 22.1. The fourth-order valence-electron chi connectivity index (χ4n) is 3.89. The standard InChI is InChI=1S/C19H25N3O3.C2HF3O2/c23-17(15-5-8-20-9-6-15)21-10-14-4-7-19(25-11-14)12-22(13-19)18(24)16-2-1-3-16;3-2(4,5)1(6)7/h5-6,8-9,14,16H,1-4,7,10-13H2,(H,21,23);(H,6,7). The molecule has 3 fully saturated rings. The van der Waals surface area contributed by atoms with Gasteiger partial charge in [0, 0.05) is 30.4 Å². The van der Waals surface area contributed by atoms with E-state index in [4.69, 9.17) is 14.6 Å². The number of ether oxygens (including phenoxy) is 1. The van der Waals surface area contributed by atoms with E-state index < -0.39 is 12.1 Å². The Morgan fingerprint density at radius 3 is 2.28 bits per heavy atom. The molecular formula is C21H26F3N3O5. The summed E-state index contributed by atoms with van der Waals surface area (Å²) in [7, 11) is 0. The number of halogens is 3. The van der Waals surface area contributed by atoms with Crippen LogP contribution >= 0.6 is 0 Å². The predicted molar refractivity (Wildman–Crippen MR) is 106 cm³/mol. The van der Waals surface area contributed by atoms with Gasteiger partial charge in [0.1, 0.15) is 5.60 Å². The molecule has 32 heavy (non-hydrogen) atoms. The van der Waals surface area contributed by atoms with Crippen molar-refractivity contribution in [3.63, 3.8) is 0 Å². The van der Waals surface area contributed by atoms with Crippen LogP contribution < -0.4 is 5.32 Å². The summed E-state index contributed by atoms with van der Waals surface area (Å²) in [6.45, 7) is 2.78. The number of likely N-dealkylation sites (tertiary alicyclic amines) is 1. The van der Waals surface area contributed by atoms with E-state index in [2.05, 4.69) is 10.3 Å². The Morgan fingerprint density at radius 2 is 1.81 bits per heavy atom. The van der Waals surface area contributed by atoms with Crippen molar-refractivity contribution in [2.24, 2.45) is 11.8 Å². The number of nitrogens with one attached hydrogen (secondary N) is 1. The first-order valence-corrected chi connectivity index (χ1v) is 10.5. The highest BCUT2D eigenvalue weighted by Gasteiger charge is 2.49. The van der Waals surface area contributed by atoms with E-state index in [1.807, 2.05) is 4.90 Å². The summed E-state index contributed by atoms with van der Waals surface area (Å²) in [5.74, 6) is -1.88. The molecule has 2 amide bonds. The minimum Gasteiger partial charge on any atom is -0.475 e. The molecule has 1 aromatic heterocycles. The number of aliphatic carboxylic acids is 1. The molecule has 1 unspecified atom stereocenters. The lowest BCUT2D eigenvalue weighted by atomic mass is 9.79. The number of carboxylic acids is 1. The third-order valence-corrected chi connectivity index (χ3v) is 6.09. The zero-order chi connectivity index (χ0) is 23.4. The van der Waals surface area contributed by atoms with Crippen molar-refractivity contribution >= 4 is 17.8 Å². The first-order chi connectivity index (χ1) is 15.1. The Bertz CT molecular complexity index is 814. The smallest absolute Gasteiger partial charge is 0.475 e. The van der Waals surface area contributed by atoms with E-state index >= 15 is 0 Å². The van der Waals surface area contributed by atoms with Crippen LogP contribution in [0.2, 0.25) is 0 Å². The molecule has 8 nitrogen and oxygen atoms in total. The largest absolute Gasteiger partial charge is 0.490 e. The maximum Gasteiger partial charge on any atom is 0.490 e. The van der Waals surface area contributed by atoms with Gasteiger partial charge < -0.3 is 20.1 Å². The number of carbonyl (C=O) groups excluding carboxylic acids is 2. The molecule has 2 aliphatic heterocycles. The number of pyridine rings is 1. The molecule has 4 rings (SSSR count). The SMILES string of the molecule is O=C(NCC1CCC2(CN(C(=O)C3CCC3)C2)OC1)c1ccncc1.O=C(O)C(F)(F)F. The van der Waals surface area contributed by atoms with E-state index in [-0.39, 0.29) is 17.4 Å². The quantitative estimate of drug-likeness (QED) is 0.718. The van der Waals surface area contributed by atoms with Crippen LogP contribution in [0.5, 0.6) is 0 Å². The van der Waals surface area contributed by atoms with Crippen molar-refractivity contribution in [2.75, 3.05) is 26.2 Å². The Kier molecular flexibility index (Phi) is 7.37. The highest BCUT2D eigenvalue weighted by atomic mass is 19.4. The number of alkyl halides is 3. The Hall–Kier alpha value is -2.69. The van der Waals surface area contributed by atoms with E-state index in [0.29, 0.717) is 30.5 Å². The fraction of sp³-hybridized carbons (Fsp3) is 0.619. The molecule has 1 spiro atoms. The van der Waals surface area contributed by atoms with Gasteiger partial charge in [-0.2, -0.15) is 13.2 Å². The molecule has 0 aromatic carbocycles. The molecule has 176 valence electrons. The Morgan fingerprint density at radius 1 is 1.19 bits per heavy atom. The van der Waals surface area contributed by atoms with Gasteiger partial charge >= 0.3 is 12.1 Å². The summed E-state index contributed by atoms with van der Waals surface area (Å²) in [5.41, 5.74) is 0.512. The van der Waals surface area contributed by atoms with Gasteiger partial charge in [-0.3, -0.25) is 14.6 Å². The highest BCUT2D eigenvalue weighted by Crippen LogP contribution is 2.38. The van der Waals surface area contributed by atoms with E-state index in [1.165, 1.54) is 6.42 Å². The monoisotopic (exact) mass is 457 g/mol. The molecular weight excluding hydrogens is 431 g/mol. The molecule has 3 aliphatic rings. The number of amides is 2. The van der Waals surface area contributed by atoms with Gasteiger partial charge in [-0.1, -0.05) is 6.42 Å². The summed E-state index contributed by atoms with van der Waals surface area (Å²) in [4.78, 5) is 39.1. The second-order valence-electron chi connectivity index (χ2n) is 8.47. The van der Waals surface area contributed by atoms with Gasteiger partial charge in [0.15, 0.2) is 0 Å². The lowest BCUT2D eigenvalue weighted by molar-refractivity contribution is -0.192. The third-order valence-electron chi connectivity index (χ3n) is 6.09. The van der Waals surface area contributed by atoms with Crippen molar-refractivity contribution in [3.8, 4) is 0 Å². The van der Waals surface area contributed by atoms with Gasteiger partial charge in [0.2, 0.25) is 5.91 Å². The van der Waals surface area contributed by atoms with Crippen LogP contribution in [0.15, 0.2) is 24.5 Å². The summed E-state index contributed by atoms with van der Waals surface area (Å²) < 4.78 is 37.8. The number of carboxylic acid groups (broad SMARTS) is 1. The summed E-state index contributed by atoms with van der Waals surface area (Å²) in [6, 6.07) is 3.42. The minimum absolute atomic E-state index is 0.0661. The zero-order valence-electron chi connectivity index (χ0n) is 17.4. The van der Waals surface area contributed by atoms with E-state index in [0.717, 1.165) is 38.8 Å². The summed E-state index contributed by atoms with van der Waals surface area (Å²) >= 11 is 0. The number of aromatic nitrogens is 1. The van der Waals surface area contributed by atoms with Crippen LogP contribution in [-0.2, 0) is 14.3 Å².